The molecule has 1 aliphatic heterocycles. The number of nitrogens with one attached hydrogen (secondary N) is 2. The van der Waals surface area contributed by atoms with Crippen molar-refractivity contribution in [3.63, 3.8) is 0 Å². The maximum atomic E-state index is 12.5. The molecule has 1 amide bonds. The first-order valence-electron chi connectivity index (χ1n) is 8.54. The van der Waals surface area contributed by atoms with Gasteiger partial charge >= 0.3 is 0 Å². The Morgan fingerprint density at radius 1 is 1.29 bits per heavy atom. The Balaban J connectivity index is 1.39. The summed E-state index contributed by atoms with van der Waals surface area (Å²) >= 11 is 0. The molecule has 0 bridgehead atoms. The van der Waals surface area contributed by atoms with Crippen LogP contribution >= 0.6 is 0 Å². The number of amides is 1. The second-order valence-electron chi connectivity index (χ2n) is 7.50. The first-order chi connectivity index (χ1) is 11.6. The average molecular weight is 325 g/mol. The summed E-state index contributed by atoms with van der Waals surface area (Å²) in [7, 11) is 0. The molecule has 2 heterocycles. The fraction of sp³-hybridized carbons (Fsp3) is 0.474. The van der Waals surface area contributed by atoms with Gasteiger partial charge in [-0.15, -0.1) is 0 Å². The molecule has 0 spiro atoms. The van der Waals surface area contributed by atoms with Crippen LogP contribution in [0.25, 0.3) is 10.9 Å². The highest BCUT2D eigenvalue weighted by molar-refractivity contribution is 5.85. The molecule has 2 unspecified atom stereocenters. The lowest BCUT2D eigenvalue weighted by Gasteiger charge is -2.27. The van der Waals surface area contributed by atoms with Crippen LogP contribution in [0.1, 0.15) is 13.8 Å². The maximum absolute atomic E-state index is 12.5. The smallest absolute Gasteiger partial charge is 0.224 e. The van der Waals surface area contributed by atoms with Gasteiger partial charge in [-0.05, 0) is 57.0 Å². The van der Waals surface area contributed by atoms with Crippen molar-refractivity contribution < 1.29 is 9.53 Å². The zero-order valence-electron chi connectivity index (χ0n) is 14.1. The average Bonchev–Trinajstić information content (AvgIpc) is 3.06. The van der Waals surface area contributed by atoms with Gasteiger partial charge in [0.15, 0.2) is 0 Å². The predicted octanol–water partition coefficient (Wildman–Crippen LogP) is 1.97. The van der Waals surface area contributed by atoms with Gasteiger partial charge in [-0.2, -0.15) is 0 Å². The number of rotatable bonds is 5. The van der Waals surface area contributed by atoms with Crippen molar-refractivity contribution in [3.8, 4) is 5.75 Å². The van der Waals surface area contributed by atoms with Crippen LogP contribution in [0.3, 0.4) is 0 Å². The molecule has 24 heavy (non-hydrogen) atoms. The molecular formula is C19H23N3O2. The van der Waals surface area contributed by atoms with Gasteiger partial charge < -0.3 is 15.4 Å². The van der Waals surface area contributed by atoms with E-state index < -0.39 is 5.54 Å². The topological polar surface area (TPSA) is 63.2 Å². The number of nitrogens with zero attached hydrogens (tertiary/aromatic N) is 1. The Morgan fingerprint density at radius 2 is 2.04 bits per heavy atom. The van der Waals surface area contributed by atoms with Crippen molar-refractivity contribution in [2.75, 3.05) is 19.7 Å². The van der Waals surface area contributed by atoms with E-state index in [9.17, 15) is 4.79 Å². The summed E-state index contributed by atoms with van der Waals surface area (Å²) in [5.41, 5.74) is 0.501. The lowest BCUT2D eigenvalue weighted by Crippen LogP contribution is -2.49. The molecule has 1 aromatic carbocycles. The Kier molecular flexibility index (Phi) is 3.68. The number of carbonyl (C=O) groups excluding carboxylic acids is 1. The monoisotopic (exact) mass is 325 g/mol. The van der Waals surface area contributed by atoms with Crippen molar-refractivity contribution in [1.29, 1.82) is 0 Å². The Bertz CT molecular complexity index is 759. The van der Waals surface area contributed by atoms with Crippen LogP contribution in [-0.4, -0.2) is 36.1 Å². The number of aromatic nitrogens is 1. The highest BCUT2D eigenvalue weighted by atomic mass is 16.5. The first kappa shape index (κ1) is 15.4. The Morgan fingerprint density at radius 3 is 2.83 bits per heavy atom. The van der Waals surface area contributed by atoms with Crippen molar-refractivity contribution in [2.24, 2.45) is 17.8 Å². The molecule has 5 nitrogen and oxygen atoms in total. The van der Waals surface area contributed by atoms with Crippen LogP contribution in [-0.2, 0) is 4.79 Å². The quantitative estimate of drug-likeness (QED) is 0.882. The second kappa shape index (κ2) is 5.74. The number of benzene rings is 1. The van der Waals surface area contributed by atoms with Gasteiger partial charge in [0, 0.05) is 17.5 Å². The summed E-state index contributed by atoms with van der Waals surface area (Å²) in [4.78, 5) is 16.8. The van der Waals surface area contributed by atoms with E-state index in [1.807, 2.05) is 44.2 Å². The van der Waals surface area contributed by atoms with E-state index in [4.69, 9.17) is 4.74 Å². The summed E-state index contributed by atoms with van der Waals surface area (Å²) in [6.45, 7) is 6.38. The van der Waals surface area contributed by atoms with Crippen LogP contribution in [0.2, 0.25) is 0 Å². The molecule has 2 atom stereocenters. The van der Waals surface area contributed by atoms with E-state index in [-0.39, 0.29) is 11.8 Å². The Hall–Kier alpha value is -2.14. The summed E-state index contributed by atoms with van der Waals surface area (Å²) < 4.78 is 6.01. The minimum Gasteiger partial charge on any atom is -0.490 e. The van der Waals surface area contributed by atoms with Crippen molar-refractivity contribution >= 4 is 16.8 Å². The summed E-state index contributed by atoms with van der Waals surface area (Å²) in [5, 5.41) is 7.47. The minimum atomic E-state index is -0.411. The number of para-hydroxylation sites is 1. The number of hydrogen-bond acceptors (Lipinski definition) is 4. The van der Waals surface area contributed by atoms with Crippen LogP contribution in [0.5, 0.6) is 5.75 Å². The number of carbonyl (C=O) groups is 1. The van der Waals surface area contributed by atoms with Crippen LogP contribution in [0.4, 0.5) is 0 Å². The first-order valence-corrected chi connectivity index (χ1v) is 8.54. The standard InChI is InChI=1S/C19H23N3O2/c1-19(2,22-18(23)17-13-9-20-10-14(13)17)11-24-16-7-8-21-15-6-4-3-5-12(15)16/h3-8,13-14,17,20H,9-11H2,1-2H3,(H,22,23). The molecule has 5 heteroatoms. The van der Waals surface area contributed by atoms with Crippen LogP contribution in [0, 0.1) is 17.8 Å². The van der Waals surface area contributed by atoms with E-state index in [0.717, 1.165) is 29.7 Å². The number of piperidine rings is 1. The number of hydrogen-bond donors (Lipinski definition) is 2. The van der Waals surface area contributed by atoms with Crippen molar-refractivity contribution in [2.45, 2.75) is 19.4 Å². The SMILES string of the molecule is CC(C)(COc1ccnc2ccccc12)NC(=O)C1C2CNCC21. The van der Waals surface area contributed by atoms with Gasteiger partial charge in [-0.3, -0.25) is 9.78 Å². The van der Waals surface area contributed by atoms with Crippen molar-refractivity contribution in [3.05, 3.63) is 36.5 Å². The predicted molar refractivity (Wildman–Crippen MR) is 92.8 cm³/mol. The van der Waals surface area contributed by atoms with Gasteiger partial charge in [0.2, 0.25) is 5.91 Å². The van der Waals surface area contributed by atoms with Gasteiger partial charge in [-0.25, -0.2) is 0 Å². The summed E-state index contributed by atoms with van der Waals surface area (Å²) in [5.74, 6) is 2.22. The van der Waals surface area contributed by atoms with E-state index in [0.29, 0.717) is 18.4 Å². The third-order valence-corrected chi connectivity index (χ3v) is 5.05. The third-order valence-electron chi connectivity index (χ3n) is 5.05. The van der Waals surface area contributed by atoms with E-state index in [1.54, 1.807) is 6.20 Å². The highest BCUT2D eigenvalue weighted by Crippen LogP contribution is 2.48. The third kappa shape index (κ3) is 2.84. The number of pyridine rings is 1. The zero-order valence-corrected chi connectivity index (χ0v) is 14.1. The molecule has 1 saturated carbocycles. The molecule has 1 saturated heterocycles. The zero-order chi connectivity index (χ0) is 16.7. The van der Waals surface area contributed by atoms with Crippen LogP contribution in [0.15, 0.2) is 36.5 Å². The largest absolute Gasteiger partial charge is 0.490 e. The van der Waals surface area contributed by atoms with Gasteiger partial charge in [0.05, 0.1) is 11.1 Å². The highest BCUT2D eigenvalue weighted by Gasteiger charge is 2.57. The molecule has 0 radical (unpaired) electrons. The lowest BCUT2D eigenvalue weighted by molar-refractivity contribution is -0.125. The van der Waals surface area contributed by atoms with Gasteiger partial charge in [0.25, 0.3) is 0 Å². The van der Waals surface area contributed by atoms with Gasteiger partial charge in [0.1, 0.15) is 12.4 Å². The molecule has 1 aliphatic carbocycles. The van der Waals surface area contributed by atoms with Crippen molar-refractivity contribution in [1.82, 2.24) is 15.6 Å². The van der Waals surface area contributed by atoms with Crippen LogP contribution < -0.4 is 15.4 Å². The van der Waals surface area contributed by atoms with E-state index in [1.165, 1.54) is 0 Å². The molecule has 4 rings (SSSR count). The summed E-state index contributed by atoms with van der Waals surface area (Å²) in [6.07, 6.45) is 1.75. The molecular weight excluding hydrogens is 302 g/mol. The number of ether oxygens (including phenoxy) is 1. The number of fused-ring (bicyclic) bond motifs is 2. The molecule has 2 fully saturated rings. The second-order valence-corrected chi connectivity index (χ2v) is 7.50. The Labute approximate surface area is 141 Å². The fourth-order valence-electron chi connectivity index (χ4n) is 3.71. The van der Waals surface area contributed by atoms with E-state index >= 15 is 0 Å². The van der Waals surface area contributed by atoms with Gasteiger partial charge in [-0.1, -0.05) is 12.1 Å². The maximum Gasteiger partial charge on any atom is 0.224 e. The molecule has 2 aromatic rings. The summed E-state index contributed by atoms with van der Waals surface area (Å²) in [6, 6.07) is 9.78. The molecule has 2 aliphatic rings. The molecule has 1 aromatic heterocycles. The normalized spacial score (nSPS) is 25.3. The lowest BCUT2D eigenvalue weighted by atomic mass is 10.1. The molecule has 126 valence electrons. The minimum absolute atomic E-state index is 0.166. The van der Waals surface area contributed by atoms with E-state index in [2.05, 4.69) is 15.6 Å². The fourth-order valence-corrected chi connectivity index (χ4v) is 3.71. The molecule has 2 N–H and O–H groups in total.